The Balaban J connectivity index is 1.86. The maximum absolute atomic E-state index is 12.8. The highest BCUT2D eigenvalue weighted by Gasteiger charge is 2.29. The lowest BCUT2D eigenvalue weighted by Gasteiger charge is -2.25. The second-order valence-corrected chi connectivity index (χ2v) is 8.12. The first-order valence-electron chi connectivity index (χ1n) is 8.57. The maximum Gasteiger partial charge on any atom is 0.339 e. The molecule has 0 atom stereocenters. The highest BCUT2D eigenvalue weighted by Crippen LogP contribution is 2.22. The van der Waals surface area contributed by atoms with E-state index in [-0.39, 0.29) is 34.9 Å². The summed E-state index contributed by atoms with van der Waals surface area (Å²) in [6, 6.07) is 7.74. The number of hydrogen-bond acceptors (Lipinski definition) is 6. The van der Waals surface area contributed by atoms with E-state index in [1.165, 1.54) is 34.3 Å². The first kappa shape index (κ1) is 20.1. The van der Waals surface area contributed by atoms with Gasteiger partial charge in [0, 0.05) is 26.3 Å². The quantitative estimate of drug-likeness (QED) is 0.744. The van der Waals surface area contributed by atoms with E-state index in [1.54, 1.807) is 25.2 Å². The molecule has 1 aromatic carbocycles. The summed E-state index contributed by atoms with van der Waals surface area (Å²) in [4.78, 5) is 24.6. The maximum atomic E-state index is 12.8. The molecule has 2 aromatic rings. The highest BCUT2D eigenvalue weighted by molar-refractivity contribution is 7.89. The number of sulfonamides is 1. The number of benzene rings is 1. The van der Waals surface area contributed by atoms with Crippen LogP contribution in [-0.2, 0) is 26.5 Å². The van der Waals surface area contributed by atoms with E-state index in [0.29, 0.717) is 13.2 Å². The molecule has 1 aliphatic rings. The molecule has 1 aliphatic heterocycles. The van der Waals surface area contributed by atoms with Gasteiger partial charge in [0.25, 0.3) is 5.91 Å². The molecule has 9 nitrogen and oxygen atoms in total. The Kier molecular flexibility index (Phi) is 5.82. The molecule has 1 saturated heterocycles. The number of aromatic nitrogens is 1. The molecule has 1 fully saturated rings. The molecule has 150 valence electrons. The number of hydrogen-bond donors (Lipinski definition) is 1. The average molecular weight is 407 g/mol. The van der Waals surface area contributed by atoms with Crippen molar-refractivity contribution >= 4 is 27.6 Å². The normalized spacial score (nSPS) is 15.2. The first-order chi connectivity index (χ1) is 13.3. The van der Waals surface area contributed by atoms with Crippen molar-refractivity contribution in [3.8, 4) is 0 Å². The summed E-state index contributed by atoms with van der Waals surface area (Å²) in [6.45, 7) is 1.21. The third-order valence-electron chi connectivity index (χ3n) is 4.40. The Labute approximate surface area is 162 Å². The molecule has 3 rings (SSSR count). The minimum absolute atomic E-state index is 0.0308. The van der Waals surface area contributed by atoms with Crippen LogP contribution in [0.2, 0.25) is 0 Å². The Bertz CT molecular complexity index is 992. The molecule has 0 bridgehead atoms. The lowest BCUT2D eigenvalue weighted by atomic mass is 10.1. The number of nitrogens with zero attached hydrogens (tertiary/aromatic N) is 2. The molecule has 0 spiro atoms. The van der Waals surface area contributed by atoms with Gasteiger partial charge in [0.15, 0.2) is 0 Å². The van der Waals surface area contributed by atoms with Gasteiger partial charge >= 0.3 is 5.97 Å². The molecular weight excluding hydrogens is 386 g/mol. The lowest BCUT2D eigenvalue weighted by molar-refractivity contribution is 0.0602. The largest absolute Gasteiger partial charge is 0.465 e. The van der Waals surface area contributed by atoms with E-state index in [1.807, 2.05) is 0 Å². The number of aryl methyl sites for hydroxylation is 1. The van der Waals surface area contributed by atoms with E-state index < -0.39 is 21.9 Å². The van der Waals surface area contributed by atoms with E-state index >= 15 is 0 Å². The van der Waals surface area contributed by atoms with E-state index in [2.05, 4.69) is 5.32 Å². The predicted octanol–water partition coefficient (Wildman–Crippen LogP) is 1.08. The van der Waals surface area contributed by atoms with Gasteiger partial charge in [0.2, 0.25) is 10.0 Å². The zero-order chi connectivity index (χ0) is 20.3. The van der Waals surface area contributed by atoms with Gasteiger partial charge in [-0.05, 0) is 18.2 Å². The number of ether oxygens (including phenoxy) is 2. The summed E-state index contributed by atoms with van der Waals surface area (Å²) in [5.74, 6) is -1.12. The van der Waals surface area contributed by atoms with Crippen LogP contribution < -0.4 is 5.32 Å². The third-order valence-corrected chi connectivity index (χ3v) is 6.26. The Hall–Kier alpha value is -2.69. The molecule has 0 aliphatic carbocycles. The number of carbonyl (C=O) groups excluding carboxylic acids is 2. The summed E-state index contributed by atoms with van der Waals surface area (Å²) in [5, 5.41) is 2.64. The van der Waals surface area contributed by atoms with E-state index in [4.69, 9.17) is 9.47 Å². The highest BCUT2D eigenvalue weighted by atomic mass is 32.2. The van der Waals surface area contributed by atoms with Crippen LogP contribution in [0.25, 0.3) is 0 Å². The zero-order valence-corrected chi connectivity index (χ0v) is 16.4. The van der Waals surface area contributed by atoms with E-state index in [9.17, 15) is 18.0 Å². The number of carbonyl (C=O) groups is 2. The van der Waals surface area contributed by atoms with Crippen molar-refractivity contribution in [3.63, 3.8) is 0 Å². The monoisotopic (exact) mass is 407 g/mol. The molecule has 10 heteroatoms. The number of anilines is 1. The minimum Gasteiger partial charge on any atom is -0.465 e. The van der Waals surface area contributed by atoms with Crippen molar-refractivity contribution in [2.24, 2.45) is 7.05 Å². The topological polar surface area (TPSA) is 107 Å². The van der Waals surface area contributed by atoms with Gasteiger partial charge in [-0.25, -0.2) is 13.2 Å². The van der Waals surface area contributed by atoms with Crippen LogP contribution in [-0.4, -0.2) is 62.6 Å². The summed E-state index contributed by atoms with van der Waals surface area (Å²) in [5.41, 5.74) is 0.623. The van der Waals surface area contributed by atoms with Gasteiger partial charge < -0.3 is 19.4 Å². The molecule has 2 heterocycles. The Morgan fingerprint density at radius 3 is 2.54 bits per heavy atom. The van der Waals surface area contributed by atoms with Gasteiger partial charge in [-0.3, -0.25) is 4.79 Å². The smallest absolute Gasteiger partial charge is 0.339 e. The standard InChI is InChI=1S/C18H21N3O6S/c1-20-12-13(28(24,25)21-7-9-27-10-8-21)11-16(20)17(22)19-15-6-4-3-5-14(15)18(23)26-2/h3-6,11-12H,7-10H2,1-2H3,(H,19,22). The van der Waals surface area contributed by atoms with E-state index in [0.717, 1.165) is 0 Å². The van der Waals surface area contributed by atoms with Crippen molar-refractivity contribution < 1.29 is 27.5 Å². The fourth-order valence-electron chi connectivity index (χ4n) is 2.90. The van der Waals surface area contributed by atoms with Crippen molar-refractivity contribution in [2.45, 2.75) is 4.90 Å². The van der Waals surface area contributed by atoms with Gasteiger partial charge in [0.05, 0.1) is 31.6 Å². The number of morpholine rings is 1. The first-order valence-corrected chi connectivity index (χ1v) is 10.0. The van der Waals surface area contributed by atoms with Gasteiger partial charge in [-0.2, -0.15) is 4.31 Å². The molecule has 28 heavy (non-hydrogen) atoms. The Morgan fingerprint density at radius 1 is 1.18 bits per heavy atom. The van der Waals surface area contributed by atoms with Gasteiger partial charge in [-0.1, -0.05) is 12.1 Å². The summed E-state index contributed by atoms with van der Waals surface area (Å²) in [7, 11) is -0.884. The molecule has 0 unspecified atom stereocenters. The van der Waals surface area contributed by atoms with Crippen LogP contribution >= 0.6 is 0 Å². The third kappa shape index (κ3) is 3.93. The minimum atomic E-state index is -3.72. The van der Waals surface area contributed by atoms with Crippen LogP contribution in [0.1, 0.15) is 20.8 Å². The molecule has 1 N–H and O–H groups in total. The number of esters is 1. The summed E-state index contributed by atoms with van der Waals surface area (Å²) >= 11 is 0. The number of para-hydroxylation sites is 1. The zero-order valence-electron chi connectivity index (χ0n) is 15.5. The van der Waals surface area contributed by atoms with Crippen LogP contribution in [0.15, 0.2) is 41.4 Å². The van der Waals surface area contributed by atoms with Crippen molar-refractivity contribution in [1.82, 2.24) is 8.87 Å². The molecular formula is C18H21N3O6S. The SMILES string of the molecule is COC(=O)c1ccccc1NC(=O)c1cc(S(=O)(=O)N2CCOCC2)cn1C. The number of methoxy groups -OCH3 is 1. The summed E-state index contributed by atoms with van der Waals surface area (Å²) in [6.07, 6.45) is 1.39. The molecule has 0 radical (unpaired) electrons. The van der Waals surface area contributed by atoms with Crippen LogP contribution in [0, 0.1) is 0 Å². The number of nitrogens with one attached hydrogen (secondary N) is 1. The second kappa shape index (κ2) is 8.13. The van der Waals surface area contributed by atoms with Crippen molar-refractivity contribution in [3.05, 3.63) is 47.8 Å². The average Bonchev–Trinajstić information content (AvgIpc) is 3.11. The fourth-order valence-corrected chi connectivity index (χ4v) is 4.38. The molecule has 1 amide bonds. The van der Waals surface area contributed by atoms with Crippen LogP contribution in [0.5, 0.6) is 0 Å². The molecule has 0 saturated carbocycles. The van der Waals surface area contributed by atoms with Crippen LogP contribution in [0.3, 0.4) is 0 Å². The van der Waals surface area contributed by atoms with Crippen molar-refractivity contribution in [2.75, 3.05) is 38.7 Å². The number of rotatable bonds is 5. The predicted molar refractivity (Wildman–Crippen MR) is 101 cm³/mol. The fraction of sp³-hybridized carbons (Fsp3) is 0.333. The van der Waals surface area contributed by atoms with Crippen molar-refractivity contribution in [1.29, 1.82) is 0 Å². The lowest BCUT2D eigenvalue weighted by Crippen LogP contribution is -2.40. The summed E-state index contributed by atoms with van der Waals surface area (Å²) < 4.78 is 38.2. The molecule has 1 aromatic heterocycles. The number of amides is 1. The van der Waals surface area contributed by atoms with Crippen LogP contribution in [0.4, 0.5) is 5.69 Å². The second-order valence-electron chi connectivity index (χ2n) is 6.18. The van der Waals surface area contributed by atoms with Gasteiger partial charge in [0.1, 0.15) is 10.6 Å². The van der Waals surface area contributed by atoms with Gasteiger partial charge in [-0.15, -0.1) is 0 Å². The Morgan fingerprint density at radius 2 is 1.86 bits per heavy atom.